The zero-order valence-electron chi connectivity index (χ0n) is 6.84. The van der Waals surface area contributed by atoms with Crippen molar-refractivity contribution in [2.24, 2.45) is 0 Å². The van der Waals surface area contributed by atoms with E-state index in [1.54, 1.807) is 0 Å². The third kappa shape index (κ3) is 3.73. The van der Waals surface area contributed by atoms with E-state index in [-0.39, 0.29) is 0 Å². The number of carbonyl (C=O) groups excluding carboxylic acids is 1. The van der Waals surface area contributed by atoms with E-state index >= 15 is 0 Å². The van der Waals surface area contributed by atoms with Crippen LogP contribution in [0.3, 0.4) is 0 Å². The number of carboxylic acid groups (broad SMARTS) is 2. The molecule has 1 unspecified atom stereocenters. The third-order valence-corrected chi connectivity index (χ3v) is 1.81. The van der Waals surface area contributed by atoms with Crippen LogP contribution in [-0.2, 0) is 18.2 Å². The second-order valence-electron chi connectivity index (χ2n) is 2.55. The van der Waals surface area contributed by atoms with Gasteiger partial charge in [-0.05, 0) is 0 Å². The Balaban J connectivity index is 4.63. The molecule has 0 fully saturated rings. The number of rotatable bonds is 5. The molecule has 0 saturated carbocycles. The molecule has 0 aliphatic rings. The van der Waals surface area contributed by atoms with Gasteiger partial charge in [0.2, 0.25) is 0 Å². The molecule has 0 amide bonds. The van der Waals surface area contributed by atoms with Crippen molar-refractivity contribution < 1.29 is 33.5 Å². The predicted octanol–water partition coefficient (Wildman–Crippen LogP) is -1.97. The van der Waals surface area contributed by atoms with Crippen molar-refractivity contribution in [3.05, 3.63) is 0 Å². The van der Waals surface area contributed by atoms with Crippen LogP contribution in [0.5, 0.6) is 0 Å². The van der Waals surface area contributed by atoms with Gasteiger partial charge in [-0.15, -0.1) is 0 Å². The SMILES string of the molecule is O=C(O)CC(O)(CC(=O)O[SeH])C(=O)O. The molecule has 0 aliphatic carbocycles. The summed E-state index contributed by atoms with van der Waals surface area (Å²) in [6, 6.07) is 0. The number of carboxylic acids is 2. The van der Waals surface area contributed by atoms with Crippen LogP contribution < -0.4 is 0 Å². The molecule has 1 atom stereocenters. The summed E-state index contributed by atoms with van der Waals surface area (Å²) in [6.45, 7) is 0. The molecule has 0 aromatic rings. The van der Waals surface area contributed by atoms with Crippen LogP contribution >= 0.6 is 0 Å². The van der Waals surface area contributed by atoms with Crippen LogP contribution in [0.15, 0.2) is 0 Å². The molecule has 14 heavy (non-hydrogen) atoms. The number of aliphatic carboxylic acids is 2. The van der Waals surface area contributed by atoms with Crippen molar-refractivity contribution in [2.75, 3.05) is 0 Å². The molecule has 0 aliphatic heterocycles. The average Bonchev–Trinajstić information content (AvgIpc) is 2.02. The number of carbonyl (C=O) groups is 3. The fourth-order valence-electron chi connectivity index (χ4n) is 0.735. The molecule has 80 valence electrons. The van der Waals surface area contributed by atoms with Crippen molar-refractivity contribution in [3.8, 4) is 0 Å². The van der Waals surface area contributed by atoms with E-state index in [1.165, 1.54) is 16.3 Å². The Bertz CT molecular complexity index is 263. The van der Waals surface area contributed by atoms with E-state index in [2.05, 4.69) is 3.82 Å². The van der Waals surface area contributed by atoms with E-state index < -0.39 is 36.4 Å². The molecule has 0 aromatic heterocycles. The van der Waals surface area contributed by atoms with Gasteiger partial charge < -0.3 is 0 Å². The molecule has 3 N–H and O–H groups in total. The molecule has 0 aromatic carbocycles. The van der Waals surface area contributed by atoms with E-state index in [0.717, 1.165) is 0 Å². The van der Waals surface area contributed by atoms with Gasteiger partial charge in [0.25, 0.3) is 0 Å². The van der Waals surface area contributed by atoms with Gasteiger partial charge in [0.1, 0.15) is 0 Å². The van der Waals surface area contributed by atoms with Gasteiger partial charge in [-0.3, -0.25) is 0 Å². The van der Waals surface area contributed by atoms with Gasteiger partial charge in [-0.25, -0.2) is 0 Å². The fraction of sp³-hybridized carbons (Fsp3) is 0.500. The second kappa shape index (κ2) is 4.94. The summed E-state index contributed by atoms with van der Waals surface area (Å²) in [5.41, 5.74) is -2.62. The van der Waals surface area contributed by atoms with Gasteiger partial charge >= 0.3 is 86.2 Å². The number of aliphatic hydroxyl groups is 1. The molecular weight excluding hydrogens is 263 g/mol. The third-order valence-electron chi connectivity index (χ3n) is 1.38. The number of hydrogen-bond acceptors (Lipinski definition) is 5. The van der Waals surface area contributed by atoms with E-state index in [0.29, 0.717) is 0 Å². The first-order chi connectivity index (χ1) is 6.31. The molecule has 7 nitrogen and oxygen atoms in total. The minimum atomic E-state index is -2.62. The fourth-order valence-corrected chi connectivity index (χ4v) is 0.870. The monoisotopic (exact) mass is 272 g/mol. The first kappa shape index (κ1) is 12.9. The van der Waals surface area contributed by atoms with Gasteiger partial charge in [0.05, 0.1) is 0 Å². The molecule has 0 spiro atoms. The Hall–Kier alpha value is -1.11. The second-order valence-corrected chi connectivity index (χ2v) is 2.93. The Morgan fingerprint density at radius 3 is 2.00 bits per heavy atom. The van der Waals surface area contributed by atoms with Crippen molar-refractivity contribution in [3.63, 3.8) is 0 Å². The molecule has 0 heterocycles. The summed E-state index contributed by atoms with van der Waals surface area (Å²) in [6.07, 6.45) is -1.98. The zero-order valence-corrected chi connectivity index (χ0v) is 8.71. The molecule has 8 heteroatoms. The summed E-state index contributed by atoms with van der Waals surface area (Å²) in [4.78, 5) is 31.4. The summed E-state index contributed by atoms with van der Waals surface area (Å²) >= 11 is 1.43. The van der Waals surface area contributed by atoms with Gasteiger partial charge in [0.15, 0.2) is 0 Å². The summed E-state index contributed by atoms with van der Waals surface area (Å²) in [5.74, 6) is -4.32. The molecule has 0 radical (unpaired) electrons. The van der Waals surface area contributed by atoms with Crippen molar-refractivity contribution >= 4 is 34.3 Å². The Morgan fingerprint density at radius 2 is 1.71 bits per heavy atom. The quantitative estimate of drug-likeness (QED) is 0.495. The van der Waals surface area contributed by atoms with Crippen LogP contribution in [0.2, 0.25) is 0 Å². The summed E-state index contributed by atoms with van der Waals surface area (Å²) in [7, 11) is 0. The average molecular weight is 271 g/mol. The molecule has 0 rings (SSSR count). The minimum absolute atomic E-state index is 0.913. The number of hydrogen-bond donors (Lipinski definition) is 3. The van der Waals surface area contributed by atoms with Crippen LogP contribution in [0.4, 0.5) is 0 Å². The van der Waals surface area contributed by atoms with Crippen LogP contribution in [-0.4, -0.2) is 55.2 Å². The van der Waals surface area contributed by atoms with Gasteiger partial charge in [0, 0.05) is 0 Å². The normalized spacial score (nSPS) is 14.1. The van der Waals surface area contributed by atoms with Gasteiger partial charge in [-0.2, -0.15) is 0 Å². The molecular formula is C6H8O7Se. The van der Waals surface area contributed by atoms with Crippen LogP contribution in [0, 0.1) is 0 Å². The van der Waals surface area contributed by atoms with E-state index in [1.807, 2.05) is 0 Å². The van der Waals surface area contributed by atoms with E-state index in [4.69, 9.17) is 10.2 Å². The predicted molar refractivity (Wildman–Crippen MR) is 42.7 cm³/mol. The maximum absolute atomic E-state index is 10.7. The zero-order chi connectivity index (χ0) is 11.4. The van der Waals surface area contributed by atoms with E-state index in [9.17, 15) is 19.5 Å². The Kier molecular flexibility index (Phi) is 4.55. The van der Waals surface area contributed by atoms with Crippen LogP contribution in [0.25, 0.3) is 0 Å². The summed E-state index contributed by atoms with van der Waals surface area (Å²) < 4.78 is 4.06. The molecule has 0 bridgehead atoms. The Labute approximate surface area is 86.8 Å². The van der Waals surface area contributed by atoms with Crippen LogP contribution in [0.1, 0.15) is 12.8 Å². The molecule has 0 saturated heterocycles. The maximum atomic E-state index is 10.7. The first-order valence-corrected chi connectivity index (χ1v) is 4.10. The van der Waals surface area contributed by atoms with Crippen molar-refractivity contribution in [2.45, 2.75) is 18.4 Å². The standard InChI is InChI=1S/C6H8O7Se/c7-3(8)1-6(12,5(10)11)2-4(9)13-14/h12,14H,1-2H2,(H,7,8)(H,10,11). The van der Waals surface area contributed by atoms with Gasteiger partial charge in [-0.1, -0.05) is 0 Å². The first-order valence-electron chi connectivity index (χ1n) is 3.33. The van der Waals surface area contributed by atoms with Crippen molar-refractivity contribution in [1.82, 2.24) is 0 Å². The Morgan fingerprint density at radius 1 is 1.21 bits per heavy atom. The van der Waals surface area contributed by atoms with Crippen molar-refractivity contribution in [1.29, 1.82) is 0 Å². The summed E-state index contributed by atoms with van der Waals surface area (Å²) in [5, 5.41) is 26.1. The topological polar surface area (TPSA) is 121 Å².